The first-order valence-electron chi connectivity index (χ1n) is 7.98. The van der Waals surface area contributed by atoms with Crippen LogP contribution in [0, 0.1) is 19.8 Å². The molecule has 1 aliphatic rings. The summed E-state index contributed by atoms with van der Waals surface area (Å²) in [5.74, 6) is 0.274. The van der Waals surface area contributed by atoms with Gasteiger partial charge < -0.3 is 10.1 Å². The number of hydrogen-bond donors (Lipinski definition) is 1. The van der Waals surface area contributed by atoms with Crippen molar-refractivity contribution in [3.05, 3.63) is 65.0 Å². The molecule has 120 valence electrons. The van der Waals surface area contributed by atoms with Gasteiger partial charge in [-0.3, -0.25) is 9.78 Å². The number of carbonyl (C=O) groups is 1. The average molecular weight is 310 g/mol. The number of rotatable bonds is 4. The number of pyridine rings is 1. The van der Waals surface area contributed by atoms with Gasteiger partial charge in [0.15, 0.2) is 0 Å². The van der Waals surface area contributed by atoms with Gasteiger partial charge in [0.2, 0.25) is 0 Å². The number of carbonyl (C=O) groups excluding carboxylic acids is 1. The molecule has 1 amide bonds. The van der Waals surface area contributed by atoms with E-state index >= 15 is 0 Å². The number of aryl methyl sites for hydroxylation is 2. The van der Waals surface area contributed by atoms with Crippen molar-refractivity contribution in [2.45, 2.75) is 26.3 Å². The minimum atomic E-state index is -0.0247. The lowest BCUT2D eigenvalue weighted by molar-refractivity contribution is 0.0925. The van der Waals surface area contributed by atoms with Gasteiger partial charge in [-0.25, -0.2) is 0 Å². The van der Waals surface area contributed by atoms with Crippen molar-refractivity contribution < 1.29 is 9.53 Å². The number of hydrogen-bond acceptors (Lipinski definition) is 3. The Hall–Kier alpha value is -2.20. The van der Waals surface area contributed by atoms with Crippen LogP contribution in [-0.2, 0) is 11.2 Å². The quantitative estimate of drug-likeness (QED) is 0.944. The number of aromatic nitrogens is 1. The van der Waals surface area contributed by atoms with Crippen LogP contribution >= 0.6 is 0 Å². The fourth-order valence-electron chi connectivity index (χ4n) is 2.92. The van der Waals surface area contributed by atoms with E-state index in [4.69, 9.17) is 4.74 Å². The topological polar surface area (TPSA) is 51.2 Å². The fraction of sp³-hybridized carbons (Fsp3) is 0.368. The molecule has 1 saturated heterocycles. The van der Waals surface area contributed by atoms with E-state index in [1.807, 2.05) is 44.2 Å². The SMILES string of the molecule is Cc1ccc(C(=O)NC2COCC2Cc2ccncc2)cc1C. The third-order valence-corrected chi connectivity index (χ3v) is 4.53. The lowest BCUT2D eigenvalue weighted by Gasteiger charge is -2.19. The third-order valence-electron chi connectivity index (χ3n) is 4.53. The zero-order valence-electron chi connectivity index (χ0n) is 13.6. The van der Waals surface area contributed by atoms with Crippen molar-refractivity contribution in [2.75, 3.05) is 13.2 Å². The molecule has 4 heteroatoms. The summed E-state index contributed by atoms with van der Waals surface area (Å²) in [5.41, 5.74) is 4.26. The van der Waals surface area contributed by atoms with Crippen LogP contribution in [0.5, 0.6) is 0 Å². The van der Waals surface area contributed by atoms with Crippen LogP contribution in [0.25, 0.3) is 0 Å². The molecule has 1 aromatic heterocycles. The highest BCUT2D eigenvalue weighted by atomic mass is 16.5. The molecule has 1 fully saturated rings. The van der Waals surface area contributed by atoms with Crippen molar-refractivity contribution in [1.29, 1.82) is 0 Å². The van der Waals surface area contributed by atoms with Crippen molar-refractivity contribution in [1.82, 2.24) is 10.3 Å². The van der Waals surface area contributed by atoms with Crippen molar-refractivity contribution in [3.63, 3.8) is 0 Å². The van der Waals surface area contributed by atoms with E-state index in [-0.39, 0.29) is 11.9 Å². The number of nitrogens with one attached hydrogen (secondary N) is 1. The molecule has 0 saturated carbocycles. The number of benzene rings is 1. The largest absolute Gasteiger partial charge is 0.379 e. The van der Waals surface area contributed by atoms with E-state index in [1.54, 1.807) is 12.4 Å². The Labute approximate surface area is 136 Å². The normalized spacial score (nSPS) is 20.4. The zero-order valence-corrected chi connectivity index (χ0v) is 13.6. The maximum absolute atomic E-state index is 12.5. The molecule has 0 spiro atoms. The fourth-order valence-corrected chi connectivity index (χ4v) is 2.92. The monoisotopic (exact) mass is 310 g/mol. The van der Waals surface area contributed by atoms with Crippen LogP contribution in [0.15, 0.2) is 42.7 Å². The Bertz CT molecular complexity index is 685. The zero-order chi connectivity index (χ0) is 16.2. The number of nitrogens with zero attached hydrogens (tertiary/aromatic N) is 1. The first kappa shape index (κ1) is 15.7. The first-order valence-corrected chi connectivity index (χ1v) is 7.98. The molecular weight excluding hydrogens is 288 g/mol. The predicted octanol–water partition coefficient (Wildman–Crippen LogP) is 2.69. The molecule has 2 atom stereocenters. The Kier molecular flexibility index (Phi) is 4.72. The second-order valence-corrected chi connectivity index (χ2v) is 6.24. The minimum Gasteiger partial charge on any atom is -0.379 e. The van der Waals surface area contributed by atoms with Crippen LogP contribution in [0.2, 0.25) is 0 Å². The molecule has 0 aliphatic carbocycles. The molecule has 0 bridgehead atoms. The molecule has 23 heavy (non-hydrogen) atoms. The highest BCUT2D eigenvalue weighted by Gasteiger charge is 2.29. The standard InChI is InChI=1S/C19H22N2O2/c1-13-3-4-16(9-14(13)2)19(22)21-18-12-23-11-17(18)10-15-5-7-20-8-6-15/h3-9,17-18H,10-12H2,1-2H3,(H,21,22). The molecule has 1 aromatic carbocycles. The summed E-state index contributed by atoms with van der Waals surface area (Å²) in [5, 5.41) is 3.13. The van der Waals surface area contributed by atoms with Gasteiger partial charge in [0.05, 0.1) is 19.3 Å². The van der Waals surface area contributed by atoms with E-state index in [0.29, 0.717) is 24.7 Å². The van der Waals surface area contributed by atoms with Crippen LogP contribution in [0.1, 0.15) is 27.0 Å². The molecule has 2 unspecified atom stereocenters. The van der Waals surface area contributed by atoms with Gasteiger partial charge >= 0.3 is 0 Å². The maximum Gasteiger partial charge on any atom is 0.251 e. The highest BCUT2D eigenvalue weighted by Crippen LogP contribution is 2.20. The molecule has 0 radical (unpaired) electrons. The molecule has 2 aromatic rings. The highest BCUT2D eigenvalue weighted by molar-refractivity contribution is 5.94. The average Bonchev–Trinajstić information content (AvgIpc) is 2.98. The summed E-state index contributed by atoms with van der Waals surface area (Å²) >= 11 is 0. The van der Waals surface area contributed by atoms with Gasteiger partial charge in [0, 0.05) is 23.9 Å². The molecular formula is C19H22N2O2. The Morgan fingerprint density at radius 1 is 1.17 bits per heavy atom. The molecule has 3 rings (SSSR count). The van der Waals surface area contributed by atoms with Gasteiger partial charge in [0.1, 0.15) is 0 Å². The van der Waals surface area contributed by atoms with Gasteiger partial charge in [-0.1, -0.05) is 6.07 Å². The maximum atomic E-state index is 12.5. The predicted molar refractivity (Wildman–Crippen MR) is 89.4 cm³/mol. The van der Waals surface area contributed by atoms with E-state index in [2.05, 4.69) is 10.3 Å². The van der Waals surface area contributed by atoms with Crippen LogP contribution in [0.4, 0.5) is 0 Å². The summed E-state index contributed by atoms with van der Waals surface area (Å²) in [6.07, 6.45) is 4.49. The van der Waals surface area contributed by atoms with Gasteiger partial charge in [-0.05, 0) is 61.2 Å². The van der Waals surface area contributed by atoms with Crippen LogP contribution in [-0.4, -0.2) is 30.1 Å². The van der Waals surface area contributed by atoms with E-state index in [0.717, 1.165) is 12.0 Å². The summed E-state index contributed by atoms with van der Waals surface area (Å²) in [6, 6.07) is 9.89. The molecule has 4 nitrogen and oxygen atoms in total. The lowest BCUT2D eigenvalue weighted by atomic mass is 9.95. The summed E-state index contributed by atoms with van der Waals surface area (Å²) in [4.78, 5) is 16.5. The van der Waals surface area contributed by atoms with Gasteiger partial charge in [-0.15, -0.1) is 0 Å². The smallest absolute Gasteiger partial charge is 0.251 e. The summed E-state index contributed by atoms with van der Waals surface area (Å²) in [7, 11) is 0. The van der Waals surface area contributed by atoms with Crippen molar-refractivity contribution >= 4 is 5.91 Å². The Balaban J connectivity index is 1.66. The number of ether oxygens (including phenoxy) is 1. The van der Waals surface area contributed by atoms with Crippen LogP contribution in [0.3, 0.4) is 0 Å². The van der Waals surface area contributed by atoms with Crippen molar-refractivity contribution in [2.24, 2.45) is 5.92 Å². The van der Waals surface area contributed by atoms with E-state index in [9.17, 15) is 4.79 Å². The minimum absolute atomic E-state index is 0.0247. The number of amides is 1. The van der Waals surface area contributed by atoms with E-state index < -0.39 is 0 Å². The summed E-state index contributed by atoms with van der Waals surface area (Å²) < 4.78 is 5.59. The Morgan fingerprint density at radius 2 is 1.96 bits per heavy atom. The lowest BCUT2D eigenvalue weighted by Crippen LogP contribution is -2.40. The first-order chi connectivity index (χ1) is 11.1. The van der Waals surface area contributed by atoms with Crippen LogP contribution < -0.4 is 5.32 Å². The molecule has 2 heterocycles. The van der Waals surface area contributed by atoms with Crippen molar-refractivity contribution in [3.8, 4) is 0 Å². The van der Waals surface area contributed by atoms with E-state index in [1.165, 1.54) is 11.1 Å². The Morgan fingerprint density at radius 3 is 2.70 bits per heavy atom. The van der Waals surface area contributed by atoms with Gasteiger partial charge in [0.25, 0.3) is 5.91 Å². The second-order valence-electron chi connectivity index (χ2n) is 6.24. The molecule has 1 aliphatic heterocycles. The second kappa shape index (κ2) is 6.92. The van der Waals surface area contributed by atoms with Gasteiger partial charge in [-0.2, -0.15) is 0 Å². The summed E-state index contributed by atoms with van der Waals surface area (Å²) in [6.45, 7) is 5.33. The molecule has 1 N–H and O–H groups in total. The third kappa shape index (κ3) is 3.77.